The van der Waals surface area contributed by atoms with Crippen LogP contribution in [0, 0.1) is 5.92 Å². The fourth-order valence-electron chi connectivity index (χ4n) is 1.86. The van der Waals surface area contributed by atoms with Crippen LogP contribution in [0.1, 0.15) is 6.92 Å². The Kier molecular flexibility index (Phi) is 2.32. The molecule has 2 unspecified atom stereocenters. The number of hydrogen-bond donors (Lipinski definition) is 0. The van der Waals surface area contributed by atoms with Crippen molar-refractivity contribution in [2.45, 2.75) is 13.0 Å². The maximum atomic E-state index is 2.40. The van der Waals surface area contributed by atoms with E-state index in [2.05, 4.69) is 37.9 Å². The lowest BCUT2D eigenvalue weighted by Crippen LogP contribution is -2.33. The van der Waals surface area contributed by atoms with Crippen molar-refractivity contribution in [3.63, 3.8) is 0 Å². The molecule has 1 heterocycles. The molecule has 0 saturated carbocycles. The summed E-state index contributed by atoms with van der Waals surface area (Å²) in [6.07, 6.45) is 0. The van der Waals surface area contributed by atoms with Crippen LogP contribution in [-0.4, -0.2) is 50.1 Å². The van der Waals surface area contributed by atoms with E-state index in [-0.39, 0.29) is 0 Å². The Balaban J connectivity index is 2.46. The number of hydrogen-bond acceptors (Lipinski definition) is 2. The van der Waals surface area contributed by atoms with E-state index < -0.39 is 0 Å². The Morgan fingerprint density at radius 3 is 2.10 bits per heavy atom. The first-order chi connectivity index (χ1) is 4.61. The second kappa shape index (κ2) is 2.89. The molecule has 0 aromatic carbocycles. The van der Waals surface area contributed by atoms with Gasteiger partial charge in [-0.1, -0.05) is 6.92 Å². The molecule has 1 aliphatic heterocycles. The van der Waals surface area contributed by atoms with E-state index in [0.29, 0.717) is 0 Å². The SMILES string of the molecule is CC1CN(C)CC1N(C)C. The molecule has 0 N–H and O–H groups in total. The molecule has 0 aliphatic carbocycles. The molecule has 2 heteroatoms. The van der Waals surface area contributed by atoms with Crippen LogP contribution in [-0.2, 0) is 0 Å². The Morgan fingerprint density at radius 1 is 1.30 bits per heavy atom. The average molecular weight is 142 g/mol. The molecule has 1 rings (SSSR count). The van der Waals surface area contributed by atoms with E-state index in [1.54, 1.807) is 0 Å². The highest BCUT2D eigenvalue weighted by molar-refractivity contribution is 4.84. The van der Waals surface area contributed by atoms with E-state index in [9.17, 15) is 0 Å². The number of nitrogens with zero attached hydrogens (tertiary/aromatic N) is 2. The lowest BCUT2D eigenvalue weighted by atomic mass is 10.1. The summed E-state index contributed by atoms with van der Waals surface area (Å²) in [4.78, 5) is 4.73. The van der Waals surface area contributed by atoms with Gasteiger partial charge in [-0.25, -0.2) is 0 Å². The molecule has 1 saturated heterocycles. The molecule has 0 aromatic rings. The van der Waals surface area contributed by atoms with Gasteiger partial charge >= 0.3 is 0 Å². The van der Waals surface area contributed by atoms with Gasteiger partial charge in [0, 0.05) is 19.1 Å². The monoisotopic (exact) mass is 142 g/mol. The van der Waals surface area contributed by atoms with Gasteiger partial charge in [-0.15, -0.1) is 0 Å². The van der Waals surface area contributed by atoms with Gasteiger partial charge in [0.15, 0.2) is 0 Å². The van der Waals surface area contributed by atoms with E-state index in [1.807, 2.05) is 0 Å². The van der Waals surface area contributed by atoms with Crippen molar-refractivity contribution in [1.29, 1.82) is 0 Å². The second-order valence-electron chi connectivity index (χ2n) is 3.73. The van der Waals surface area contributed by atoms with Crippen molar-refractivity contribution in [3.05, 3.63) is 0 Å². The highest BCUT2D eigenvalue weighted by atomic mass is 15.2. The minimum absolute atomic E-state index is 0.769. The van der Waals surface area contributed by atoms with Crippen molar-refractivity contribution in [2.75, 3.05) is 34.2 Å². The Hall–Kier alpha value is -0.0800. The smallest absolute Gasteiger partial charge is 0.0254 e. The lowest BCUT2D eigenvalue weighted by Gasteiger charge is -2.22. The maximum absolute atomic E-state index is 2.40. The molecule has 60 valence electrons. The number of likely N-dealkylation sites (tertiary alicyclic amines) is 1. The molecule has 0 spiro atoms. The van der Waals surface area contributed by atoms with Crippen molar-refractivity contribution < 1.29 is 0 Å². The first-order valence-corrected chi connectivity index (χ1v) is 3.96. The zero-order valence-corrected chi connectivity index (χ0v) is 7.46. The van der Waals surface area contributed by atoms with E-state index >= 15 is 0 Å². The summed E-state index contributed by atoms with van der Waals surface area (Å²) in [5, 5.41) is 0. The van der Waals surface area contributed by atoms with Crippen molar-refractivity contribution in [3.8, 4) is 0 Å². The second-order valence-corrected chi connectivity index (χ2v) is 3.73. The van der Waals surface area contributed by atoms with Gasteiger partial charge in [-0.2, -0.15) is 0 Å². The van der Waals surface area contributed by atoms with Gasteiger partial charge < -0.3 is 9.80 Å². The molecule has 1 fully saturated rings. The predicted octanol–water partition coefficient (Wildman–Crippen LogP) is 0.498. The van der Waals surface area contributed by atoms with Gasteiger partial charge in [0.05, 0.1) is 0 Å². The molecular formula is C8H18N2. The minimum atomic E-state index is 0.769. The van der Waals surface area contributed by atoms with Crippen LogP contribution in [0.15, 0.2) is 0 Å². The number of rotatable bonds is 1. The quantitative estimate of drug-likeness (QED) is 0.526. The van der Waals surface area contributed by atoms with Crippen LogP contribution in [0.5, 0.6) is 0 Å². The maximum Gasteiger partial charge on any atom is 0.0254 e. The van der Waals surface area contributed by atoms with Gasteiger partial charge in [0.25, 0.3) is 0 Å². The molecule has 0 amide bonds. The lowest BCUT2D eigenvalue weighted by molar-refractivity contribution is 0.259. The fraction of sp³-hybridized carbons (Fsp3) is 1.00. The third-order valence-electron chi connectivity index (χ3n) is 2.42. The van der Waals surface area contributed by atoms with Crippen molar-refractivity contribution in [2.24, 2.45) is 5.92 Å². The van der Waals surface area contributed by atoms with Crippen molar-refractivity contribution >= 4 is 0 Å². The highest BCUT2D eigenvalue weighted by Crippen LogP contribution is 2.17. The fourth-order valence-corrected chi connectivity index (χ4v) is 1.86. The Labute approximate surface area is 63.8 Å². The van der Waals surface area contributed by atoms with Crippen LogP contribution >= 0.6 is 0 Å². The summed E-state index contributed by atoms with van der Waals surface area (Å²) >= 11 is 0. The van der Waals surface area contributed by atoms with E-state index in [1.165, 1.54) is 13.1 Å². The summed E-state index contributed by atoms with van der Waals surface area (Å²) in [5.74, 6) is 0.833. The van der Waals surface area contributed by atoms with Crippen LogP contribution < -0.4 is 0 Å². The summed E-state index contributed by atoms with van der Waals surface area (Å²) in [6, 6.07) is 0.769. The van der Waals surface area contributed by atoms with Crippen LogP contribution in [0.2, 0.25) is 0 Å². The summed E-state index contributed by atoms with van der Waals surface area (Å²) in [6.45, 7) is 4.81. The molecule has 2 nitrogen and oxygen atoms in total. The van der Waals surface area contributed by atoms with E-state index in [0.717, 1.165) is 12.0 Å². The molecule has 1 aliphatic rings. The van der Waals surface area contributed by atoms with Crippen LogP contribution in [0.25, 0.3) is 0 Å². The Morgan fingerprint density at radius 2 is 1.90 bits per heavy atom. The molecular weight excluding hydrogens is 124 g/mol. The molecule has 0 bridgehead atoms. The number of likely N-dealkylation sites (N-methyl/N-ethyl adjacent to an activating group) is 2. The first kappa shape index (κ1) is 8.02. The van der Waals surface area contributed by atoms with Gasteiger partial charge in [-0.3, -0.25) is 0 Å². The minimum Gasteiger partial charge on any atom is -0.305 e. The molecule has 2 atom stereocenters. The normalized spacial score (nSPS) is 35.7. The third kappa shape index (κ3) is 1.50. The third-order valence-corrected chi connectivity index (χ3v) is 2.42. The Bertz CT molecular complexity index is 112. The molecule has 0 radical (unpaired) electrons. The summed E-state index contributed by atoms with van der Waals surface area (Å²) in [5.41, 5.74) is 0. The zero-order chi connectivity index (χ0) is 7.72. The molecule has 10 heavy (non-hydrogen) atoms. The summed E-state index contributed by atoms with van der Waals surface area (Å²) < 4.78 is 0. The van der Waals surface area contributed by atoms with Crippen LogP contribution in [0.3, 0.4) is 0 Å². The largest absolute Gasteiger partial charge is 0.305 e. The first-order valence-electron chi connectivity index (χ1n) is 3.96. The zero-order valence-electron chi connectivity index (χ0n) is 7.46. The highest BCUT2D eigenvalue weighted by Gasteiger charge is 2.28. The standard InChI is InChI=1S/C8H18N2/c1-7-5-10(4)6-8(7)9(2)3/h7-8H,5-6H2,1-4H3. The van der Waals surface area contributed by atoms with Gasteiger partial charge in [0.1, 0.15) is 0 Å². The topological polar surface area (TPSA) is 6.48 Å². The summed E-state index contributed by atoms with van der Waals surface area (Å²) in [7, 11) is 6.53. The van der Waals surface area contributed by atoms with E-state index in [4.69, 9.17) is 0 Å². The predicted molar refractivity (Wildman–Crippen MR) is 44.1 cm³/mol. The average Bonchev–Trinajstić information content (AvgIpc) is 2.10. The van der Waals surface area contributed by atoms with Crippen molar-refractivity contribution in [1.82, 2.24) is 9.80 Å². The van der Waals surface area contributed by atoms with Crippen LogP contribution in [0.4, 0.5) is 0 Å². The van der Waals surface area contributed by atoms with Gasteiger partial charge in [-0.05, 0) is 27.1 Å². The van der Waals surface area contributed by atoms with Gasteiger partial charge in [0.2, 0.25) is 0 Å². The molecule has 0 aromatic heterocycles.